The highest BCUT2D eigenvalue weighted by molar-refractivity contribution is 5.96. The molecule has 0 radical (unpaired) electrons. The zero-order valence-electron chi connectivity index (χ0n) is 9.24. The molecule has 5 heteroatoms. The van der Waals surface area contributed by atoms with Gasteiger partial charge in [0.05, 0.1) is 11.6 Å². The number of carboxylic acids is 1. The molecule has 0 bridgehead atoms. The second-order valence-corrected chi connectivity index (χ2v) is 4.23. The van der Waals surface area contributed by atoms with Crippen molar-refractivity contribution in [3.05, 3.63) is 0 Å². The van der Waals surface area contributed by atoms with Gasteiger partial charge in [-0.05, 0) is 27.2 Å². The fraction of sp³-hybridized carbons (Fsp3) is 0.800. The molecule has 1 rings (SSSR count). The van der Waals surface area contributed by atoms with Crippen LogP contribution < -0.4 is 5.32 Å². The Morgan fingerprint density at radius 3 is 2.60 bits per heavy atom. The fourth-order valence-electron chi connectivity index (χ4n) is 1.50. The largest absolute Gasteiger partial charge is 0.481 e. The Morgan fingerprint density at radius 2 is 2.20 bits per heavy atom. The third kappa shape index (κ3) is 2.47. The lowest BCUT2D eigenvalue weighted by molar-refractivity contribution is -0.146. The van der Waals surface area contributed by atoms with Gasteiger partial charge in [0.1, 0.15) is 5.92 Å². The van der Waals surface area contributed by atoms with Crippen LogP contribution in [0.2, 0.25) is 0 Å². The smallest absolute Gasteiger partial charge is 0.315 e. The zero-order valence-corrected chi connectivity index (χ0v) is 9.24. The SMILES string of the molecule is CC(C(=O)O)C(=O)NC1(C)CCOC1C. The van der Waals surface area contributed by atoms with Crippen LogP contribution >= 0.6 is 0 Å². The van der Waals surface area contributed by atoms with Gasteiger partial charge in [0.25, 0.3) is 0 Å². The number of carboxylic acid groups (broad SMARTS) is 1. The number of aliphatic carboxylic acids is 1. The predicted molar refractivity (Wildman–Crippen MR) is 53.4 cm³/mol. The third-order valence-corrected chi connectivity index (χ3v) is 3.06. The van der Waals surface area contributed by atoms with Crippen molar-refractivity contribution in [1.82, 2.24) is 5.32 Å². The van der Waals surface area contributed by atoms with Crippen LogP contribution in [0.15, 0.2) is 0 Å². The van der Waals surface area contributed by atoms with Gasteiger partial charge in [-0.1, -0.05) is 0 Å². The molecule has 1 heterocycles. The van der Waals surface area contributed by atoms with Crippen molar-refractivity contribution >= 4 is 11.9 Å². The number of carbonyl (C=O) groups excluding carboxylic acids is 1. The minimum Gasteiger partial charge on any atom is -0.481 e. The maximum Gasteiger partial charge on any atom is 0.315 e. The highest BCUT2D eigenvalue weighted by Crippen LogP contribution is 2.25. The Bertz CT molecular complexity index is 279. The van der Waals surface area contributed by atoms with Crippen LogP contribution in [0.25, 0.3) is 0 Å². The van der Waals surface area contributed by atoms with E-state index in [1.807, 2.05) is 13.8 Å². The Balaban J connectivity index is 2.61. The lowest BCUT2D eigenvalue weighted by Gasteiger charge is -2.29. The first-order valence-electron chi connectivity index (χ1n) is 5.03. The fourth-order valence-corrected chi connectivity index (χ4v) is 1.50. The molecule has 1 aliphatic heterocycles. The van der Waals surface area contributed by atoms with Crippen LogP contribution in [0.5, 0.6) is 0 Å². The molecule has 86 valence electrons. The van der Waals surface area contributed by atoms with E-state index < -0.39 is 23.3 Å². The molecule has 3 unspecified atom stereocenters. The van der Waals surface area contributed by atoms with E-state index in [1.54, 1.807) is 0 Å². The second kappa shape index (κ2) is 4.18. The summed E-state index contributed by atoms with van der Waals surface area (Å²) in [5.41, 5.74) is -0.444. The van der Waals surface area contributed by atoms with Gasteiger partial charge >= 0.3 is 5.97 Å². The van der Waals surface area contributed by atoms with Gasteiger partial charge in [-0.3, -0.25) is 9.59 Å². The number of hydrogen-bond acceptors (Lipinski definition) is 3. The second-order valence-electron chi connectivity index (χ2n) is 4.23. The summed E-state index contributed by atoms with van der Waals surface area (Å²) in [4.78, 5) is 22.2. The van der Waals surface area contributed by atoms with E-state index in [9.17, 15) is 9.59 Å². The highest BCUT2D eigenvalue weighted by atomic mass is 16.5. The van der Waals surface area contributed by atoms with Gasteiger partial charge in [-0.2, -0.15) is 0 Å². The number of carbonyl (C=O) groups is 2. The van der Waals surface area contributed by atoms with E-state index >= 15 is 0 Å². The first-order chi connectivity index (χ1) is 6.87. The molecule has 15 heavy (non-hydrogen) atoms. The minimum absolute atomic E-state index is 0.0811. The monoisotopic (exact) mass is 215 g/mol. The zero-order chi connectivity index (χ0) is 11.6. The van der Waals surface area contributed by atoms with Crippen molar-refractivity contribution in [3.8, 4) is 0 Å². The maximum absolute atomic E-state index is 11.5. The normalized spacial score (nSPS) is 32.3. The van der Waals surface area contributed by atoms with Gasteiger partial charge in [-0.25, -0.2) is 0 Å². The minimum atomic E-state index is -1.11. The van der Waals surface area contributed by atoms with E-state index in [4.69, 9.17) is 9.84 Å². The summed E-state index contributed by atoms with van der Waals surface area (Å²) in [6.07, 6.45) is 0.633. The standard InChI is InChI=1S/C10H17NO4/c1-6(9(13)14)8(12)11-10(3)4-5-15-7(10)2/h6-7H,4-5H2,1-3H3,(H,11,12)(H,13,14). The lowest BCUT2D eigenvalue weighted by Crippen LogP contribution is -2.53. The summed E-state index contributed by atoms with van der Waals surface area (Å²) in [6, 6.07) is 0. The third-order valence-electron chi connectivity index (χ3n) is 3.06. The highest BCUT2D eigenvalue weighted by Gasteiger charge is 2.39. The molecule has 2 N–H and O–H groups in total. The number of ether oxygens (including phenoxy) is 1. The van der Waals surface area contributed by atoms with Crippen molar-refractivity contribution in [1.29, 1.82) is 0 Å². The van der Waals surface area contributed by atoms with Gasteiger partial charge < -0.3 is 15.2 Å². The van der Waals surface area contributed by atoms with Crippen LogP contribution in [0.1, 0.15) is 27.2 Å². The summed E-state index contributed by atoms with van der Waals surface area (Å²) in [7, 11) is 0. The van der Waals surface area contributed by atoms with Crippen LogP contribution in [0.4, 0.5) is 0 Å². The molecule has 0 aliphatic carbocycles. The topological polar surface area (TPSA) is 75.6 Å². The Labute approximate surface area is 88.8 Å². The van der Waals surface area contributed by atoms with Gasteiger partial charge in [0.15, 0.2) is 0 Å². The van der Waals surface area contributed by atoms with Crippen LogP contribution in [-0.4, -0.2) is 35.2 Å². The van der Waals surface area contributed by atoms with E-state index in [0.717, 1.165) is 0 Å². The average Bonchev–Trinajstić information content (AvgIpc) is 2.45. The quantitative estimate of drug-likeness (QED) is 0.668. The molecule has 5 nitrogen and oxygen atoms in total. The molecular formula is C10H17NO4. The van der Waals surface area contributed by atoms with Gasteiger partial charge in [-0.15, -0.1) is 0 Å². The lowest BCUT2D eigenvalue weighted by atomic mass is 9.93. The Hall–Kier alpha value is -1.10. The van der Waals surface area contributed by atoms with Crippen LogP contribution in [0, 0.1) is 5.92 Å². The molecule has 3 atom stereocenters. The summed E-state index contributed by atoms with van der Waals surface area (Å²) in [5.74, 6) is -2.58. The molecule has 1 amide bonds. The molecule has 0 aromatic carbocycles. The summed E-state index contributed by atoms with van der Waals surface area (Å²) in [6.45, 7) is 5.72. The van der Waals surface area contributed by atoms with Gasteiger partial charge in [0, 0.05) is 6.61 Å². The molecular weight excluding hydrogens is 198 g/mol. The van der Waals surface area contributed by atoms with E-state index in [2.05, 4.69) is 5.32 Å². The van der Waals surface area contributed by atoms with Crippen molar-refractivity contribution < 1.29 is 19.4 Å². The Kier molecular flexibility index (Phi) is 3.34. The van der Waals surface area contributed by atoms with E-state index in [1.165, 1.54) is 6.92 Å². The number of amides is 1. The first kappa shape index (κ1) is 12.0. The molecule has 1 saturated heterocycles. The van der Waals surface area contributed by atoms with Crippen molar-refractivity contribution in [2.75, 3.05) is 6.61 Å². The van der Waals surface area contributed by atoms with Crippen LogP contribution in [-0.2, 0) is 14.3 Å². The number of rotatable bonds is 3. The summed E-state index contributed by atoms with van der Waals surface area (Å²) >= 11 is 0. The molecule has 0 spiro atoms. The predicted octanol–water partition coefficient (Wildman–Crippen LogP) is 0.391. The molecule has 0 aromatic heterocycles. The summed E-state index contributed by atoms with van der Waals surface area (Å²) < 4.78 is 5.35. The van der Waals surface area contributed by atoms with Gasteiger partial charge in [0.2, 0.25) is 5.91 Å². The van der Waals surface area contributed by atoms with Crippen LogP contribution in [0.3, 0.4) is 0 Å². The number of nitrogens with one attached hydrogen (secondary N) is 1. The average molecular weight is 215 g/mol. The molecule has 0 aromatic rings. The molecule has 1 fully saturated rings. The molecule has 0 saturated carbocycles. The maximum atomic E-state index is 11.5. The van der Waals surface area contributed by atoms with Crippen molar-refractivity contribution in [2.45, 2.75) is 38.8 Å². The van der Waals surface area contributed by atoms with E-state index in [0.29, 0.717) is 13.0 Å². The van der Waals surface area contributed by atoms with Crippen molar-refractivity contribution in [3.63, 3.8) is 0 Å². The summed E-state index contributed by atoms with van der Waals surface area (Å²) in [5, 5.41) is 11.4. The molecule has 1 aliphatic rings. The van der Waals surface area contributed by atoms with Crippen molar-refractivity contribution in [2.24, 2.45) is 5.92 Å². The first-order valence-corrected chi connectivity index (χ1v) is 5.03. The number of hydrogen-bond donors (Lipinski definition) is 2. The van der Waals surface area contributed by atoms with E-state index in [-0.39, 0.29) is 6.10 Å². The Morgan fingerprint density at radius 1 is 1.60 bits per heavy atom.